The van der Waals surface area contributed by atoms with Crippen LogP contribution < -0.4 is 9.62 Å². The first-order chi connectivity index (χ1) is 17.2. The van der Waals surface area contributed by atoms with E-state index < -0.39 is 28.5 Å². The van der Waals surface area contributed by atoms with Gasteiger partial charge in [0.25, 0.3) is 0 Å². The Hall–Kier alpha value is -2.58. The lowest BCUT2D eigenvalue weighted by Gasteiger charge is -2.33. The number of rotatable bonds is 11. The summed E-state index contributed by atoms with van der Waals surface area (Å²) >= 11 is 6.39. The molecule has 2 aromatic rings. The van der Waals surface area contributed by atoms with Crippen LogP contribution in [0.4, 0.5) is 5.69 Å². The minimum atomic E-state index is -3.79. The van der Waals surface area contributed by atoms with E-state index in [0.29, 0.717) is 22.7 Å². The number of hydrogen-bond donors (Lipinski definition) is 1. The van der Waals surface area contributed by atoms with Crippen molar-refractivity contribution in [3.8, 4) is 0 Å². The fourth-order valence-corrected chi connectivity index (χ4v) is 4.96. The second-order valence-corrected chi connectivity index (χ2v) is 12.7. The first-order valence-corrected chi connectivity index (χ1v) is 14.8. The van der Waals surface area contributed by atoms with Crippen molar-refractivity contribution in [1.29, 1.82) is 0 Å². The lowest BCUT2D eigenvalue weighted by molar-refractivity contribution is -0.140. The maximum Gasteiger partial charge on any atom is 0.244 e. The van der Waals surface area contributed by atoms with Gasteiger partial charge in [-0.25, -0.2) is 8.42 Å². The Kier molecular flexibility index (Phi) is 10.6. The van der Waals surface area contributed by atoms with Gasteiger partial charge in [-0.2, -0.15) is 0 Å². The highest BCUT2D eigenvalue weighted by Crippen LogP contribution is 2.27. The molecule has 0 aliphatic heterocycles. The molecule has 0 saturated heterocycles. The molecular formula is C28H40ClN3O4S. The zero-order valence-electron chi connectivity index (χ0n) is 22.9. The Balaban J connectivity index is 2.46. The molecule has 2 aromatic carbocycles. The summed E-state index contributed by atoms with van der Waals surface area (Å²) < 4.78 is 26.7. The molecule has 204 valence electrons. The van der Waals surface area contributed by atoms with E-state index in [1.54, 1.807) is 30.3 Å². The maximum atomic E-state index is 13.8. The molecule has 0 bridgehead atoms. The molecule has 0 saturated carbocycles. The molecule has 0 fully saturated rings. The van der Waals surface area contributed by atoms with Gasteiger partial charge in [-0.15, -0.1) is 0 Å². The summed E-state index contributed by atoms with van der Waals surface area (Å²) in [6, 6.07) is 13.4. The molecule has 9 heteroatoms. The summed E-state index contributed by atoms with van der Waals surface area (Å²) in [5.41, 5.74) is 2.00. The van der Waals surface area contributed by atoms with Gasteiger partial charge in [-0.3, -0.25) is 13.9 Å². The van der Waals surface area contributed by atoms with Crippen LogP contribution in [0.5, 0.6) is 0 Å². The van der Waals surface area contributed by atoms with Crippen LogP contribution in [0.25, 0.3) is 0 Å². The number of hydrogen-bond acceptors (Lipinski definition) is 4. The standard InChI is InChI=1S/C28H40ClN3O4S/c1-8-20(3)30-27(34)25(9-2)31(18-21-12-10-11-13-24(21)29)26(33)19-32(37(7,35)36)23-16-14-22(15-17-23)28(4,5)6/h10-17,20,25H,8-9,18-19H2,1-7H3,(H,30,34). The molecule has 2 atom stereocenters. The molecule has 1 N–H and O–H groups in total. The highest BCUT2D eigenvalue weighted by molar-refractivity contribution is 7.92. The van der Waals surface area contributed by atoms with Crippen LogP contribution in [0.1, 0.15) is 65.5 Å². The number of benzene rings is 2. The van der Waals surface area contributed by atoms with Crippen LogP contribution >= 0.6 is 11.6 Å². The topological polar surface area (TPSA) is 86.8 Å². The third-order valence-corrected chi connectivity index (χ3v) is 7.90. The summed E-state index contributed by atoms with van der Waals surface area (Å²) in [6.45, 7) is 11.5. The van der Waals surface area contributed by atoms with Crippen molar-refractivity contribution in [1.82, 2.24) is 10.2 Å². The second-order valence-electron chi connectivity index (χ2n) is 10.4. The van der Waals surface area contributed by atoms with E-state index in [4.69, 9.17) is 11.6 Å². The van der Waals surface area contributed by atoms with E-state index in [1.165, 1.54) is 4.90 Å². The normalized spacial score (nSPS) is 13.5. The van der Waals surface area contributed by atoms with Crippen molar-refractivity contribution in [2.75, 3.05) is 17.1 Å². The average molecular weight is 550 g/mol. The van der Waals surface area contributed by atoms with Gasteiger partial charge in [0.05, 0.1) is 11.9 Å². The zero-order chi connectivity index (χ0) is 28.0. The van der Waals surface area contributed by atoms with Gasteiger partial charge in [0.1, 0.15) is 12.6 Å². The SMILES string of the molecule is CCC(C)NC(=O)C(CC)N(Cc1ccccc1Cl)C(=O)CN(c1ccc(C(C)(C)C)cc1)S(C)(=O)=O. The Bertz CT molecular complexity index is 1180. The van der Waals surface area contributed by atoms with Crippen LogP contribution in [0.3, 0.4) is 0 Å². The Morgan fingerprint density at radius 2 is 1.59 bits per heavy atom. The van der Waals surface area contributed by atoms with Crippen molar-refractivity contribution in [3.05, 3.63) is 64.7 Å². The summed E-state index contributed by atoms with van der Waals surface area (Å²) in [4.78, 5) is 28.4. The van der Waals surface area contributed by atoms with E-state index in [9.17, 15) is 18.0 Å². The molecule has 0 heterocycles. The highest BCUT2D eigenvalue weighted by Gasteiger charge is 2.32. The average Bonchev–Trinajstić information content (AvgIpc) is 2.82. The molecule has 7 nitrogen and oxygen atoms in total. The number of carbonyl (C=O) groups is 2. The molecule has 2 rings (SSSR count). The molecule has 37 heavy (non-hydrogen) atoms. The fourth-order valence-electron chi connectivity index (χ4n) is 3.91. The third kappa shape index (κ3) is 8.47. The highest BCUT2D eigenvalue weighted by atomic mass is 35.5. The Morgan fingerprint density at radius 1 is 1.00 bits per heavy atom. The predicted octanol–water partition coefficient (Wildman–Crippen LogP) is 5.13. The van der Waals surface area contributed by atoms with Gasteiger partial charge in [-0.05, 0) is 54.5 Å². The zero-order valence-corrected chi connectivity index (χ0v) is 24.5. The van der Waals surface area contributed by atoms with Crippen molar-refractivity contribution in [2.24, 2.45) is 0 Å². The molecule has 0 aliphatic rings. The first-order valence-electron chi connectivity index (χ1n) is 12.6. The van der Waals surface area contributed by atoms with E-state index in [0.717, 1.165) is 22.5 Å². The predicted molar refractivity (Wildman–Crippen MR) is 151 cm³/mol. The summed E-state index contributed by atoms with van der Waals surface area (Å²) in [6.07, 6.45) is 2.17. The van der Waals surface area contributed by atoms with Crippen LogP contribution in [0.15, 0.2) is 48.5 Å². The summed E-state index contributed by atoms with van der Waals surface area (Å²) in [5, 5.41) is 3.42. The number of nitrogens with one attached hydrogen (secondary N) is 1. The monoisotopic (exact) mass is 549 g/mol. The van der Waals surface area contributed by atoms with E-state index in [1.807, 2.05) is 39.0 Å². The summed E-state index contributed by atoms with van der Waals surface area (Å²) in [7, 11) is -3.79. The van der Waals surface area contributed by atoms with Crippen molar-refractivity contribution < 1.29 is 18.0 Å². The van der Waals surface area contributed by atoms with Gasteiger partial charge in [0.2, 0.25) is 21.8 Å². The van der Waals surface area contributed by atoms with E-state index in [-0.39, 0.29) is 23.9 Å². The van der Waals surface area contributed by atoms with Gasteiger partial charge in [0, 0.05) is 17.6 Å². The lowest BCUT2D eigenvalue weighted by Crippen LogP contribution is -2.53. The number of halogens is 1. The van der Waals surface area contributed by atoms with E-state index in [2.05, 4.69) is 26.1 Å². The fraction of sp³-hybridized carbons (Fsp3) is 0.500. The largest absolute Gasteiger partial charge is 0.352 e. The minimum absolute atomic E-state index is 0.0623. The molecule has 0 spiro atoms. The van der Waals surface area contributed by atoms with Gasteiger partial charge >= 0.3 is 0 Å². The quantitative estimate of drug-likeness (QED) is 0.421. The number of anilines is 1. The molecular weight excluding hydrogens is 510 g/mol. The number of carbonyl (C=O) groups excluding carboxylic acids is 2. The minimum Gasteiger partial charge on any atom is -0.352 e. The number of nitrogens with zero attached hydrogens (tertiary/aromatic N) is 2. The maximum absolute atomic E-state index is 13.8. The number of sulfonamides is 1. The van der Waals surface area contributed by atoms with Crippen molar-refractivity contribution in [3.63, 3.8) is 0 Å². The van der Waals surface area contributed by atoms with Crippen molar-refractivity contribution in [2.45, 2.75) is 78.4 Å². The van der Waals surface area contributed by atoms with Crippen LogP contribution in [0, 0.1) is 0 Å². The lowest BCUT2D eigenvalue weighted by atomic mass is 9.87. The molecule has 2 unspecified atom stereocenters. The summed E-state index contributed by atoms with van der Waals surface area (Å²) in [5.74, 6) is -0.769. The Morgan fingerprint density at radius 3 is 2.08 bits per heavy atom. The van der Waals surface area contributed by atoms with Crippen LogP contribution in [0.2, 0.25) is 5.02 Å². The van der Waals surface area contributed by atoms with Gasteiger partial charge in [0.15, 0.2) is 0 Å². The van der Waals surface area contributed by atoms with Gasteiger partial charge < -0.3 is 10.2 Å². The molecule has 2 amide bonds. The smallest absolute Gasteiger partial charge is 0.244 e. The Labute approximate surface area is 227 Å². The van der Waals surface area contributed by atoms with E-state index >= 15 is 0 Å². The molecule has 0 aliphatic carbocycles. The van der Waals surface area contributed by atoms with Crippen molar-refractivity contribution >= 4 is 39.1 Å². The van der Waals surface area contributed by atoms with Crippen LogP contribution in [-0.2, 0) is 31.6 Å². The molecule has 0 aromatic heterocycles. The second kappa shape index (κ2) is 12.8. The van der Waals surface area contributed by atoms with Gasteiger partial charge in [-0.1, -0.05) is 76.6 Å². The first kappa shape index (κ1) is 30.6. The third-order valence-electron chi connectivity index (χ3n) is 6.39. The molecule has 0 radical (unpaired) electrons. The van der Waals surface area contributed by atoms with Crippen LogP contribution in [-0.4, -0.2) is 50.0 Å². The number of amides is 2.